The lowest BCUT2D eigenvalue weighted by molar-refractivity contribution is -0.138. The molecule has 23 heavy (non-hydrogen) atoms. The monoisotopic (exact) mass is 345 g/mol. The van der Waals surface area contributed by atoms with E-state index < -0.39 is 15.7 Å². The van der Waals surface area contributed by atoms with Gasteiger partial charge in [-0.25, -0.2) is 12.8 Å². The molecule has 0 aromatic heterocycles. The number of benzene rings is 1. The minimum absolute atomic E-state index is 0.0967. The molecule has 1 aliphatic heterocycles. The number of rotatable bonds is 3. The Morgan fingerprint density at radius 2 is 1.87 bits per heavy atom. The van der Waals surface area contributed by atoms with Crippen LogP contribution in [0.25, 0.3) is 0 Å². The van der Waals surface area contributed by atoms with Crippen LogP contribution in [0.4, 0.5) is 4.39 Å². The van der Waals surface area contributed by atoms with E-state index in [1.165, 1.54) is 18.2 Å². The first-order valence-electron chi connectivity index (χ1n) is 7.48. The van der Waals surface area contributed by atoms with Crippen LogP contribution in [0.3, 0.4) is 0 Å². The van der Waals surface area contributed by atoms with Crippen molar-refractivity contribution in [1.29, 1.82) is 0 Å². The molecule has 1 N–H and O–H groups in total. The molecule has 0 saturated carbocycles. The Kier molecular flexibility index (Phi) is 7.15. The highest BCUT2D eigenvalue weighted by Gasteiger charge is 2.28. The molecule has 130 valence electrons. The Labute approximate surface area is 137 Å². The van der Waals surface area contributed by atoms with Crippen LogP contribution in [0.1, 0.15) is 33.6 Å². The first kappa shape index (κ1) is 19.6. The first-order chi connectivity index (χ1) is 10.7. The number of halogens is 1. The Morgan fingerprint density at radius 1 is 1.26 bits per heavy atom. The van der Waals surface area contributed by atoms with Crippen molar-refractivity contribution in [2.24, 2.45) is 0 Å². The minimum atomic E-state index is -3.36. The van der Waals surface area contributed by atoms with Crippen molar-refractivity contribution in [2.45, 2.75) is 49.4 Å². The molecule has 7 heteroatoms. The lowest BCUT2D eigenvalue weighted by Gasteiger charge is -2.22. The number of nitrogens with one attached hydrogen (secondary N) is 1. The van der Waals surface area contributed by atoms with Crippen molar-refractivity contribution in [3.8, 4) is 0 Å². The summed E-state index contributed by atoms with van der Waals surface area (Å²) in [5.41, 5.74) is -0.318. The summed E-state index contributed by atoms with van der Waals surface area (Å²) >= 11 is 0. The lowest BCUT2D eigenvalue weighted by atomic mass is 10.2. The Balaban J connectivity index is 0.000000322. The summed E-state index contributed by atoms with van der Waals surface area (Å²) in [6.07, 6.45) is 1.19. The molecule has 1 fully saturated rings. The van der Waals surface area contributed by atoms with Crippen LogP contribution < -0.4 is 5.32 Å². The van der Waals surface area contributed by atoms with Crippen molar-refractivity contribution in [1.82, 2.24) is 5.32 Å². The summed E-state index contributed by atoms with van der Waals surface area (Å²) in [6, 6.07) is 5.24. The number of ether oxygens (including phenoxy) is 1. The standard InChI is InChI=1S/C11H14FNO2S.C5H10O2/c12-9-2-1-3-11(8-9)16(14,15)10-4-6-13-7-5-10;1-5(2,3)7-4-6/h1-3,8,10,13H,4-7H2;4H,1-3H3. The van der Waals surface area contributed by atoms with Crippen molar-refractivity contribution in [3.05, 3.63) is 30.1 Å². The van der Waals surface area contributed by atoms with Gasteiger partial charge in [-0.15, -0.1) is 0 Å². The van der Waals surface area contributed by atoms with Gasteiger partial charge >= 0.3 is 0 Å². The van der Waals surface area contributed by atoms with E-state index in [9.17, 15) is 17.6 Å². The van der Waals surface area contributed by atoms with E-state index in [1.54, 1.807) is 0 Å². The zero-order valence-corrected chi connectivity index (χ0v) is 14.5. The maximum atomic E-state index is 13.0. The molecule has 1 heterocycles. The third-order valence-electron chi connectivity index (χ3n) is 3.25. The van der Waals surface area contributed by atoms with Crippen LogP contribution in [0, 0.1) is 5.82 Å². The third kappa shape index (κ3) is 6.66. The molecule has 0 spiro atoms. The molecule has 0 unspecified atom stereocenters. The summed E-state index contributed by atoms with van der Waals surface area (Å²) in [5, 5.41) is 2.73. The highest BCUT2D eigenvalue weighted by atomic mass is 32.2. The number of hydrogen-bond acceptors (Lipinski definition) is 5. The topological polar surface area (TPSA) is 72.5 Å². The molecule has 0 atom stereocenters. The van der Waals surface area contributed by atoms with Gasteiger partial charge < -0.3 is 10.1 Å². The molecule has 1 saturated heterocycles. The molecule has 0 aliphatic carbocycles. The number of carbonyl (C=O) groups excluding carboxylic acids is 1. The van der Waals surface area contributed by atoms with Crippen molar-refractivity contribution in [3.63, 3.8) is 0 Å². The van der Waals surface area contributed by atoms with E-state index in [2.05, 4.69) is 10.1 Å². The summed E-state index contributed by atoms with van der Waals surface area (Å²) < 4.78 is 41.8. The highest BCUT2D eigenvalue weighted by Crippen LogP contribution is 2.22. The molecule has 1 aromatic carbocycles. The molecular weight excluding hydrogens is 321 g/mol. The van der Waals surface area contributed by atoms with Crippen LogP contribution in [0.15, 0.2) is 29.2 Å². The average molecular weight is 345 g/mol. The van der Waals surface area contributed by atoms with E-state index in [0.29, 0.717) is 32.4 Å². The van der Waals surface area contributed by atoms with E-state index in [1.807, 2.05) is 20.8 Å². The van der Waals surface area contributed by atoms with Crippen molar-refractivity contribution < 1.29 is 22.3 Å². The van der Waals surface area contributed by atoms with E-state index in [0.717, 1.165) is 6.07 Å². The predicted octanol–water partition coefficient (Wildman–Crippen LogP) is 2.31. The lowest BCUT2D eigenvalue weighted by Crippen LogP contribution is -2.35. The predicted molar refractivity (Wildman–Crippen MR) is 86.4 cm³/mol. The number of sulfone groups is 1. The molecule has 2 rings (SSSR count). The van der Waals surface area contributed by atoms with Crippen LogP contribution in [0.5, 0.6) is 0 Å². The summed E-state index contributed by atoms with van der Waals surface area (Å²) in [7, 11) is -3.36. The quantitative estimate of drug-likeness (QED) is 0.851. The van der Waals surface area contributed by atoms with Crippen LogP contribution in [0.2, 0.25) is 0 Å². The van der Waals surface area contributed by atoms with Gasteiger partial charge in [-0.3, -0.25) is 4.79 Å². The molecule has 0 radical (unpaired) electrons. The fourth-order valence-electron chi connectivity index (χ4n) is 2.09. The maximum absolute atomic E-state index is 13.0. The molecule has 0 amide bonds. The largest absolute Gasteiger partial charge is 0.462 e. The van der Waals surface area contributed by atoms with Gasteiger partial charge in [0.05, 0.1) is 10.1 Å². The average Bonchev–Trinajstić information content (AvgIpc) is 2.47. The van der Waals surface area contributed by atoms with Crippen LogP contribution in [-0.2, 0) is 19.4 Å². The van der Waals surface area contributed by atoms with Gasteiger partial charge in [-0.05, 0) is 64.9 Å². The Morgan fingerprint density at radius 3 is 2.30 bits per heavy atom. The second kappa shape index (κ2) is 8.40. The van der Waals surface area contributed by atoms with Crippen molar-refractivity contribution >= 4 is 16.3 Å². The van der Waals surface area contributed by atoms with Crippen LogP contribution >= 0.6 is 0 Å². The third-order valence-corrected chi connectivity index (χ3v) is 5.51. The van der Waals surface area contributed by atoms with E-state index in [-0.39, 0.29) is 15.7 Å². The second-order valence-electron chi connectivity index (χ2n) is 6.28. The van der Waals surface area contributed by atoms with Crippen LogP contribution in [-0.4, -0.2) is 38.8 Å². The SMILES string of the molecule is CC(C)(C)OC=O.O=S(=O)(c1cccc(F)c1)C1CCNCC1. The zero-order chi connectivity index (χ0) is 17.5. The molecular formula is C16H24FNO4S. The maximum Gasteiger partial charge on any atom is 0.293 e. The van der Waals surface area contributed by atoms with Gasteiger partial charge in [0.2, 0.25) is 0 Å². The first-order valence-corrected chi connectivity index (χ1v) is 9.03. The highest BCUT2D eigenvalue weighted by molar-refractivity contribution is 7.92. The van der Waals surface area contributed by atoms with E-state index in [4.69, 9.17) is 0 Å². The minimum Gasteiger partial charge on any atom is -0.462 e. The Hall–Kier alpha value is -1.47. The van der Waals surface area contributed by atoms with Gasteiger partial charge in [0.25, 0.3) is 6.47 Å². The normalized spacial score (nSPS) is 16.2. The van der Waals surface area contributed by atoms with Gasteiger partial charge in [0, 0.05) is 0 Å². The van der Waals surface area contributed by atoms with Crippen molar-refractivity contribution in [2.75, 3.05) is 13.1 Å². The molecule has 1 aliphatic rings. The smallest absolute Gasteiger partial charge is 0.293 e. The van der Waals surface area contributed by atoms with Gasteiger partial charge in [0.1, 0.15) is 11.4 Å². The molecule has 0 bridgehead atoms. The fourth-order valence-corrected chi connectivity index (χ4v) is 3.87. The summed E-state index contributed by atoms with van der Waals surface area (Å²) in [4.78, 5) is 9.69. The number of carbonyl (C=O) groups is 1. The van der Waals surface area contributed by atoms with E-state index >= 15 is 0 Å². The summed E-state index contributed by atoms with van der Waals surface area (Å²) in [5.74, 6) is -0.505. The Bertz CT molecular complexity index is 605. The van der Waals surface area contributed by atoms with Gasteiger partial charge in [-0.1, -0.05) is 6.07 Å². The summed E-state index contributed by atoms with van der Waals surface area (Å²) in [6.45, 7) is 7.34. The molecule has 1 aromatic rings. The zero-order valence-electron chi connectivity index (χ0n) is 13.7. The van der Waals surface area contributed by atoms with Gasteiger partial charge in [0.15, 0.2) is 9.84 Å². The number of piperidine rings is 1. The fraction of sp³-hybridized carbons (Fsp3) is 0.562. The second-order valence-corrected chi connectivity index (χ2v) is 8.51. The van der Waals surface area contributed by atoms with Gasteiger partial charge in [-0.2, -0.15) is 0 Å². The number of hydrogen-bond donors (Lipinski definition) is 1. The molecule has 5 nitrogen and oxygen atoms in total.